The first kappa shape index (κ1) is 18.3. The van der Waals surface area contributed by atoms with Crippen LogP contribution in [0.2, 0.25) is 0 Å². The molecular weight excluding hydrogens is 398 g/mol. The van der Waals surface area contributed by atoms with Crippen molar-refractivity contribution in [2.24, 2.45) is 0 Å². The standard InChI is InChI=1S/C24H19NO2S2/c26-29(27,23-16-11-18-10-9-17-5-4-8-22(23)24(17)18)25-19-12-14-21(15-13-19)28-20-6-2-1-3-7-20/h1-8,11-16,25H,9-10H2. The molecule has 1 N–H and O–H groups in total. The van der Waals surface area contributed by atoms with E-state index in [1.165, 1.54) is 11.1 Å². The number of rotatable bonds is 5. The normalized spacial score (nSPS) is 13.0. The van der Waals surface area contributed by atoms with Gasteiger partial charge in [-0.05, 0) is 71.8 Å². The fraction of sp³-hybridized carbons (Fsp3) is 0.0833. The van der Waals surface area contributed by atoms with Crippen molar-refractivity contribution in [3.8, 4) is 0 Å². The van der Waals surface area contributed by atoms with Gasteiger partial charge < -0.3 is 0 Å². The number of hydrogen-bond acceptors (Lipinski definition) is 3. The molecule has 5 heteroatoms. The Kier molecular flexibility index (Phi) is 4.57. The Morgan fingerprint density at radius 2 is 1.38 bits per heavy atom. The predicted molar refractivity (Wildman–Crippen MR) is 119 cm³/mol. The zero-order valence-corrected chi connectivity index (χ0v) is 17.3. The highest BCUT2D eigenvalue weighted by molar-refractivity contribution is 7.99. The third kappa shape index (κ3) is 3.52. The summed E-state index contributed by atoms with van der Waals surface area (Å²) in [6, 6.07) is 27.2. The lowest BCUT2D eigenvalue weighted by molar-refractivity contribution is 0.602. The van der Waals surface area contributed by atoms with Crippen LogP contribution >= 0.6 is 11.8 Å². The van der Waals surface area contributed by atoms with Crippen LogP contribution in [0.5, 0.6) is 0 Å². The first-order chi connectivity index (χ1) is 14.1. The van der Waals surface area contributed by atoms with Crippen LogP contribution in [0.1, 0.15) is 11.1 Å². The van der Waals surface area contributed by atoms with Gasteiger partial charge >= 0.3 is 0 Å². The van der Waals surface area contributed by atoms with Crippen LogP contribution in [-0.2, 0) is 22.9 Å². The van der Waals surface area contributed by atoms with Gasteiger partial charge in [0.25, 0.3) is 10.0 Å². The molecule has 0 amide bonds. The van der Waals surface area contributed by atoms with E-state index in [9.17, 15) is 8.42 Å². The topological polar surface area (TPSA) is 46.2 Å². The molecule has 29 heavy (non-hydrogen) atoms. The van der Waals surface area contributed by atoms with E-state index < -0.39 is 10.0 Å². The number of hydrogen-bond donors (Lipinski definition) is 1. The highest BCUT2D eigenvalue weighted by Gasteiger charge is 2.22. The van der Waals surface area contributed by atoms with Gasteiger partial charge in [0, 0.05) is 20.9 Å². The van der Waals surface area contributed by atoms with Gasteiger partial charge in [0.2, 0.25) is 0 Å². The molecule has 0 heterocycles. The summed E-state index contributed by atoms with van der Waals surface area (Å²) < 4.78 is 29.0. The maximum atomic E-state index is 13.1. The number of sulfonamides is 1. The fourth-order valence-corrected chi connectivity index (χ4v) is 5.98. The van der Waals surface area contributed by atoms with Crippen LogP contribution in [0.4, 0.5) is 5.69 Å². The van der Waals surface area contributed by atoms with Crippen LogP contribution in [-0.4, -0.2) is 8.42 Å². The molecule has 1 aliphatic carbocycles. The molecule has 0 saturated carbocycles. The summed E-state index contributed by atoms with van der Waals surface area (Å²) in [6.45, 7) is 0. The lowest BCUT2D eigenvalue weighted by Gasteiger charge is -2.12. The minimum Gasteiger partial charge on any atom is -0.280 e. The molecule has 0 atom stereocenters. The largest absolute Gasteiger partial charge is 0.280 e. The first-order valence-electron chi connectivity index (χ1n) is 9.49. The zero-order chi connectivity index (χ0) is 19.8. The quantitative estimate of drug-likeness (QED) is 0.440. The lowest BCUT2D eigenvalue weighted by Crippen LogP contribution is -2.13. The zero-order valence-electron chi connectivity index (χ0n) is 15.6. The molecular formula is C24H19NO2S2. The number of anilines is 1. The number of benzene rings is 4. The highest BCUT2D eigenvalue weighted by Crippen LogP contribution is 2.35. The second kappa shape index (κ2) is 7.25. The van der Waals surface area contributed by atoms with Crippen molar-refractivity contribution in [1.29, 1.82) is 0 Å². The smallest absolute Gasteiger partial charge is 0.262 e. The number of nitrogens with one attached hydrogen (secondary N) is 1. The van der Waals surface area contributed by atoms with Gasteiger partial charge in [0.15, 0.2) is 0 Å². The number of aryl methyl sites for hydroxylation is 2. The Morgan fingerprint density at radius 1 is 0.690 bits per heavy atom. The Labute approximate surface area is 174 Å². The van der Waals surface area contributed by atoms with Crippen molar-refractivity contribution in [3.63, 3.8) is 0 Å². The summed E-state index contributed by atoms with van der Waals surface area (Å²) in [6.07, 6.45) is 1.95. The van der Waals surface area contributed by atoms with Crippen LogP contribution < -0.4 is 4.72 Å². The van der Waals surface area contributed by atoms with E-state index >= 15 is 0 Å². The molecule has 0 spiro atoms. The van der Waals surface area contributed by atoms with E-state index in [0.29, 0.717) is 10.6 Å². The molecule has 0 aromatic heterocycles. The highest BCUT2D eigenvalue weighted by atomic mass is 32.2. The van der Waals surface area contributed by atoms with Crippen molar-refractivity contribution < 1.29 is 8.42 Å². The fourth-order valence-electron chi connectivity index (χ4n) is 3.88. The minimum absolute atomic E-state index is 0.336. The molecule has 0 fully saturated rings. The average molecular weight is 418 g/mol. The maximum Gasteiger partial charge on any atom is 0.262 e. The van der Waals surface area contributed by atoms with Gasteiger partial charge in [-0.3, -0.25) is 4.72 Å². The van der Waals surface area contributed by atoms with E-state index in [2.05, 4.69) is 22.9 Å². The third-order valence-corrected chi connectivity index (χ3v) is 7.67. The predicted octanol–water partition coefficient (Wildman–Crippen LogP) is 5.89. The van der Waals surface area contributed by atoms with E-state index in [1.807, 2.05) is 60.7 Å². The molecule has 0 saturated heterocycles. The first-order valence-corrected chi connectivity index (χ1v) is 11.8. The molecule has 0 aliphatic heterocycles. The molecule has 3 nitrogen and oxygen atoms in total. The summed E-state index contributed by atoms with van der Waals surface area (Å²) in [5, 5.41) is 1.91. The van der Waals surface area contributed by atoms with Gasteiger partial charge in [0.05, 0.1) is 4.90 Å². The van der Waals surface area contributed by atoms with Gasteiger partial charge in [-0.15, -0.1) is 0 Å². The van der Waals surface area contributed by atoms with Crippen molar-refractivity contribution >= 4 is 38.2 Å². The second-order valence-electron chi connectivity index (χ2n) is 7.11. The van der Waals surface area contributed by atoms with Gasteiger partial charge in [-0.1, -0.05) is 54.2 Å². The second-order valence-corrected chi connectivity index (χ2v) is 9.91. The Balaban J connectivity index is 1.43. The van der Waals surface area contributed by atoms with E-state index in [4.69, 9.17) is 0 Å². The molecule has 144 valence electrons. The van der Waals surface area contributed by atoms with Crippen molar-refractivity contribution in [1.82, 2.24) is 0 Å². The molecule has 4 aromatic rings. The van der Waals surface area contributed by atoms with Gasteiger partial charge in [0.1, 0.15) is 0 Å². The van der Waals surface area contributed by atoms with Gasteiger partial charge in [-0.25, -0.2) is 8.42 Å². The third-order valence-electron chi connectivity index (χ3n) is 5.21. The summed E-state index contributed by atoms with van der Waals surface area (Å²) in [5.41, 5.74) is 3.03. The van der Waals surface area contributed by atoms with Crippen LogP contribution in [0.15, 0.2) is 99.6 Å². The average Bonchev–Trinajstić information content (AvgIpc) is 3.15. The summed E-state index contributed by atoms with van der Waals surface area (Å²) >= 11 is 1.65. The van der Waals surface area contributed by atoms with E-state index in [-0.39, 0.29) is 0 Å². The molecule has 1 aliphatic rings. The summed E-state index contributed by atoms with van der Waals surface area (Å²) in [4.78, 5) is 2.54. The van der Waals surface area contributed by atoms with Crippen molar-refractivity contribution in [2.45, 2.75) is 27.5 Å². The van der Waals surface area contributed by atoms with Crippen LogP contribution in [0.3, 0.4) is 0 Å². The SMILES string of the molecule is O=S(=O)(Nc1ccc(Sc2ccccc2)cc1)c1ccc2c3c(cccc13)CC2. The van der Waals surface area contributed by atoms with E-state index in [1.54, 1.807) is 17.8 Å². The van der Waals surface area contributed by atoms with Crippen LogP contribution in [0.25, 0.3) is 10.8 Å². The summed E-state index contributed by atoms with van der Waals surface area (Å²) in [7, 11) is -3.67. The van der Waals surface area contributed by atoms with Crippen molar-refractivity contribution in [2.75, 3.05) is 4.72 Å². The van der Waals surface area contributed by atoms with Gasteiger partial charge in [-0.2, -0.15) is 0 Å². The Hall–Kier alpha value is -2.76. The summed E-state index contributed by atoms with van der Waals surface area (Å²) in [5.74, 6) is 0. The molecule has 0 radical (unpaired) electrons. The van der Waals surface area contributed by atoms with Crippen molar-refractivity contribution in [3.05, 3.63) is 96.1 Å². The van der Waals surface area contributed by atoms with E-state index in [0.717, 1.165) is 33.4 Å². The lowest BCUT2D eigenvalue weighted by atomic mass is 10.1. The molecule has 0 bridgehead atoms. The maximum absolute atomic E-state index is 13.1. The molecule has 0 unspecified atom stereocenters. The molecule has 4 aromatic carbocycles. The monoisotopic (exact) mass is 417 g/mol. The molecule has 5 rings (SSSR count). The Morgan fingerprint density at radius 3 is 2.14 bits per heavy atom. The minimum atomic E-state index is -3.67. The Bertz CT molecular complexity index is 1290. The van der Waals surface area contributed by atoms with Crippen LogP contribution in [0, 0.1) is 0 Å².